The zero-order valence-electron chi connectivity index (χ0n) is 9.78. The molecule has 2 nitrogen and oxygen atoms in total. The van der Waals surface area contributed by atoms with Crippen molar-refractivity contribution in [3.8, 4) is 0 Å². The number of nitrogens with two attached hydrogens (primary N) is 1. The predicted molar refractivity (Wildman–Crippen MR) is 67.7 cm³/mol. The van der Waals surface area contributed by atoms with Crippen LogP contribution in [0.2, 0.25) is 0 Å². The number of para-hydroxylation sites is 1. The van der Waals surface area contributed by atoms with Gasteiger partial charge in [0.1, 0.15) is 0 Å². The maximum absolute atomic E-state index is 6.45. The Labute approximate surface area is 97.4 Å². The molecule has 2 N–H and O–H groups in total. The zero-order valence-corrected chi connectivity index (χ0v) is 9.78. The lowest BCUT2D eigenvalue weighted by Crippen LogP contribution is -2.47. The Hall–Kier alpha value is -1.02. The molecular formula is C14H20N2. The van der Waals surface area contributed by atoms with Crippen molar-refractivity contribution in [1.29, 1.82) is 0 Å². The Kier molecular flexibility index (Phi) is 2.40. The third-order valence-electron chi connectivity index (χ3n) is 4.09. The number of benzene rings is 1. The molecule has 1 aromatic rings. The van der Waals surface area contributed by atoms with E-state index in [9.17, 15) is 0 Å². The van der Waals surface area contributed by atoms with Gasteiger partial charge < -0.3 is 10.6 Å². The van der Waals surface area contributed by atoms with E-state index < -0.39 is 0 Å². The first-order chi connectivity index (χ1) is 7.77. The summed E-state index contributed by atoms with van der Waals surface area (Å²) < 4.78 is 0. The highest BCUT2D eigenvalue weighted by molar-refractivity contribution is 5.58. The first kappa shape index (κ1) is 10.2. The van der Waals surface area contributed by atoms with Crippen LogP contribution in [0, 0.1) is 0 Å². The van der Waals surface area contributed by atoms with E-state index in [1.807, 2.05) is 0 Å². The molecule has 1 aliphatic carbocycles. The molecule has 0 atom stereocenters. The van der Waals surface area contributed by atoms with Gasteiger partial charge in [0, 0.05) is 24.3 Å². The second-order valence-electron chi connectivity index (χ2n) is 5.37. The summed E-state index contributed by atoms with van der Waals surface area (Å²) in [6.07, 6.45) is 6.21. The van der Waals surface area contributed by atoms with Gasteiger partial charge in [-0.25, -0.2) is 0 Å². The molecule has 0 radical (unpaired) electrons. The second-order valence-corrected chi connectivity index (χ2v) is 5.37. The number of hydrogen-bond donors (Lipinski definition) is 1. The molecule has 0 unspecified atom stereocenters. The molecule has 1 aromatic carbocycles. The molecule has 2 aliphatic rings. The predicted octanol–water partition coefficient (Wildman–Crippen LogP) is 2.32. The smallest absolute Gasteiger partial charge is 0.0400 e. The molecule has 0 amide bonds. The Morgan fingerprint density at radius 2 is 1.94 bits per heavy atom. The Morgan fingerprint density at radius 3 is 2.75 bits per heavy atom. The summed E-state index contributed by atoms with van der Waals surface area (Å²) in [6.45, 7) is 2.20. The fourth-order valence-electron chi connectivity index (χ4n) is 3.19. The van der Waals surface area contributed by atoms with Gasteiger partial charge in [-0.1, -0.05) is 31.0 Å². The molecule has 0 saturated heterocycles. The van der Waals surface area contributed by atoms with Crippen molar-refractivity contribution in [2.45, 2.75) is 37.6 Å². The first-order valence-corrected chi connectivity index (χ1v) is 6.39. The van der Waals surface area contributed by atoms with Crippen molar-refractivity contribution in [2.24, 2.45) is 5.73 Å². The van der Waals surface area contributed by atoms with Crippen LogP contribution in [0.3, 0.4) is 0 Å². The van der Waals surface area contributed by atoms with E-state index in [-0.39, 0.29) is 5.54 Å². The molecule has 0 aromatic heterocycles. The van der Waals surface area contributed by atoms with Gasteiger partial charge in [0.15, 0.2) is 0 Å². The van der Waals surface area contributed by atoms with Gasteiger partial charge in [-0.15, -0.1) is 0 Å². The topological polar surface area (TPSA) is 29.3 Å². The van der Waals surface area contributed by atoms with Gasteiger partial charge >= 0.3 is 0 Å². The molecular weight excluding hydrogens is 196 g/mol. The van der Waals surface area contributed by atoms with Crippen LogP contribution >= 0.6 is 0 Å². The maximum Gasteiger partial charge on any atom is 0.0400 e. The minimum atomic E-state index is 0.0808. The van der Waals surface area contributed by atoms with Gasteiger partial charge in [0.25, 0.3) is 0 Å². The fraction of sp³-hybridized carbons (Fsp3) is 0.571. The quantitative estimate of drug-likeness (QED) is 0.822. The molecule has 3 rings (SSSR count). The van der Waals surface area contributed by atoms with Crippen LogP contribution in [0.15, 0.2) is 24.3 Å². The standard InChI is InChI=1S/C14H20N2/c15-14(8-3-4-9-14)11-16-10-7-12-5-1-2-6-13(12)16/h1-2,5-6H,3-4,7-11,15H2. The molecule has 0 spiro atoms. The maximum atomic E-state index is 6.45. The van der Waals surface area contributed by atoms with Crippen LogP contribution in [0.4, 0.5) is 5.69 Å². The number of anilines is 1. The highest BCUT2D eigenvalue weighted by Crippen LogP contribution is 2.33. The summed E-state index contributed by atoms with van der Waals surface area (Å²) in [5.41, 5.74) is 9.44. The average Bonchev–Trinajstić information content (AvgIpc) is 2.87. The first-order valence-electron chi connectivity index (χ1n) is 6.39. The minimum Gasteiger partial charge on any atom is -0.369 e. The highest BCUT2D eigenvalue weighted by atomic mass is 15.2. The fourth-order valence-corrected chi connectivity index (χ4v) is 3.19. The largest absolute Gasteiger partial charge is 0.369 e. The van der Waals surface area contributed by atoms with Crippen molar-refractivity contribution >= 4 is 5.69 Å². The lowest BCUT2D eigenvalue weighted by molar-refractivity contribution is 0.437. The minimum absolute atomic E-state index is 0.0808. The van der Waals surface area contributed by atoms with E-state index in [1.165, 1.54) is 43.4 Å². The monoisotopic (exact) mass is 216 g/mol. The SMILES string of the molecule is NC1(CN2CCc3ccccc32)CCCC1. The number of fused-ring (bicyclic) bond motifs is 1. The molecule has 2 heteroatoms. The van der Waals surface area contributed by atoms with E-state index in [0.717, 1.165) is 13.1 Å². The van der Waals surface area contributed by atoms with E-state index in [0.29, 0.717) is 0 Å². The Morgan fingerprint density at radius 1 is 1.19 bits per heavy atom. The Bertz CT molecular complexity index is 380. The summed E-state index contributed by atoms with van der Waals surface area (Å²) in [5, 5.41) is 0. The average molecular weight is 216 g/mol. The lowest BCUT2D eigenvalue weighted by atomic mass is 9.98. The molecule has 1 saturated carbocycles. The highest BCUT2D eigenvalue weighted by Gasteiger charge is 2.33. The van der Waals surface area contributed by atoms with Gasteiger partial charge in [0.05, 0.1) is 0 Å². The Balaban J connectivity index is 1.78. The summed E-state index contributed by atoms with van der Waals surface area (Å²) in [5.74, 6) is 0. The molecule has 1 fully saturated rings. The summed E-state index contributed by atoms with van der Waals surface area (Å²) in [6, 6.07) is 8.75. The zero-order chi connectivity index (χ0) is 11.0. The van der Waals surface area contributed by atoms with Crippen molar-refractivity contribution in [1.82, 2.24) is 0 Å². The molecule has 1 aliphatic heterocycles. The van der Waals surface area contributed by atoms with Crippen LogP contribution < -0.4 is 10.6 Å². The van der Waals surface area contributed by atoms with E-state index in [2.05, 4.69) is 29.2 Å². The van der Waals surface area contributed by atoms with Crippen molar-refractivity contribution in [3.05, 3.63) is 29.8 Å². The normalized spacial score (nSPS) is 22.4. The van der Waals surface area contributed by atoms with Crippen molar-refractivity contribution in [3.63, 3.8) is 0 Å². The van der Waals surface area contributed by atoms with Crippen LogP contribution in [-0.2, 0) is 6.42 Å². The molecule has 16 heavy (non-hydrogen) atoms. The van der Waals surface area contributed by atoms with Crippen molar-refractivity contribution < 1.29 is 0 Å². The van der Waals surface area contributed by atoms with Crippen molar-refractivity contribution in [2.75, 3.05) is 18.0 Å². The lowest BCUT2D eigenvalue weighted by Gasteiger charge is -2.31. The van der Waals surface area contributed by atoms with Crippen LogP contribution in [0.25, 0.3) is 0 Å². The van der Waals surface area contributed by atoms with E-state index in [4.69, 9.17) is 5.73 Å². The molecule has 0 bridgehead atoms. The third-order valence-corrected chi connectivity index (χ3v) is 4.09. The van der Waals surface area contributed by atoms with E-state index >= 15 is 0 Å². The van der Waals surface area contributed by atoms with Gasteiger partial charge in [-0.3, -0.25) is 0 Å². The molecule has 1 heterocycles. The molecule has 86 valence electrons. The summed E-state index contributed by atoms with van der Waals surface area (Å²) in [7, 11) is 0. The summed E-state index contributed by atoms with van der Waals surface area (Å²) in [4.78, 5) is 2.49. The second kappa shape index (κ2) is 3.77. The third kappa shape index (κ3) is 1.71. The number of hydrogen-bond acceptors (Lipinski definition) is 2. The number of nitrogens with zero attached hydrogens (tertiary/aromatic N) is 1. The van der Waals surface area contributed by atoms with Gasteiger partial charge in [-0.05, 0) is 30.9 Å². The summed E-state index contributed by atoms with van der Waals surface area (Å²) >= 11 is 0. The van der Waals surface area contributed by atoms with Crippen LogP contribution in [-0.4, -0.2) is 18.6 Å². The van der Waals surface area contributed by atoms with Gasteiger partial charge in [-0.2, -0.15) is 0 Å². The van der Waals surface area contributed by atoms with Crippen LogP contribution in [0.5, 0.6) is 0 Å². The number of rotatable bonds is 2. The van der Waals surface area contributed by atoms with Crippen LogP contribution in [0.1, 0.15) is 31.2 Å². The van der Waals surface area contributed by atoms with E-state index in [1.54, 1.807) is 0 Å². The van der Waals surface area contributed by atoms with Gasteiger partial charge in [0.2, 0.25) is 0 Å².